The van der Waals surface area contributed by atoms with Gasteiger partial charge >= 0.3 is 5.97 Å². The average molecular weight is 246 g/mol. The van der Waals surface area contributed by atoms with Crippen molar-refractivity contribution in [2.24, 2.45) is 0 Å². The number of benzene rings is 1. The molecule has 6 heteroatoms. The van der Waals surface area contributed by atoms with E-state index in [0.29, 0.717) is 5.56 Å². The molecule has 0 saturated carbocycles. The standard InChI is InChI=1S/C10H11FO4S/c11-7-16(14,15)9-4-2-1-3-8(9)5-6-10(12)13/h1-4H,5-7H2,(H,12,13). The second kappa shape index (κ2) is 5.07. The molecule has 1 N–H and O–H groups in total. The summed E-state index contributed by atoms with van der Waals surface area (Å²) >= 11 is 0. The molecule has 4 nitrogen and oxygen atoms in total. The van der Waals surface area contributed by atoms with E-state index in [1.54, 1.807) is 6.07 Å². The second-order valence-corrected chi connectivity index (χ2v) is 5.11. The van der Waals surface area contributed by atoms with E-state index in [4.69, 9.17) is 5.11 Å². The minimum atomic E-state index is -3.94. The normalized spacial score (nSPS) is 11.3. The lowest BCUT2D eigenvalue weighted by Crippen LogP contribution is -2.08. The molecule has 0 heterocycles. The molecule has 1 rings (SSSR count). The largest absolute Gasteiger partial charge is 0.481 e. The Balaban J connectivity index is 3.06. The highest BCUT2D eigenvalue weighted by Crippen LogP contribution is 2.18. The first-order valence-electron chi connectivity index (χ1n) is 4.56. The molecule has 1 aromatic carbocycles. The fourth-order valence-electron chi connectivity index (χ4n) is 1.31. The predicted octanol–water partition coefficient (Wildman–Crippen LogP) is 1.40. The number of hydrogen-bond donors (Lipinski definition) is 1. The van der Waals surface area contributed by atoms with Crippen molar-refractivity contribution in [3.63, 3.8) is 0 Å². The van der Waals surface area contributed by atoms with Crippen LogP contribution in [-0.2, 0) is 21.1 Å². The van der Waals surface area contributed by atoms with E-state index in [1.807, 2.05) is 0 Å². The van der Waals surface area contributed by atoms with Gasteiger partial charge in [0, 0.05) is 6.42 Å². The minimum Gasteiger partial charge on any atom is -0.481 e. The second-order valence-electron chi connectivity index (χ2n) is 3.23. The van der Waals surface area contributed by atoms with Crippen molar-refractivity contribution >= 4 is 15.8 Å². The van der Waals surface area contributed by atoms with Crippen molar-refractivity contribution in [3.8, 4) is 0 Å². The predicted molar refractivity (Wildman–Crippen MR) is 55.6 cm³/mol. The maximum Gasteiger partial charge on any atom is 0.303 e. The molecule has 0 aliphatic rings. The smallest absolute Gasteiger partial charge is 0.303 e. The third-order valence-electron chi connectivity index (χ3n) is 2.06. The molecule has 16 heavy (non-hydrogen) atoms. The molecular formula is C10H11FO4S. The van der Waals surface area contributed by atoms with Crippen LogP contribution in [0.15, 0.2) is 29.2 Å². The van der Waals surface area contributed by atoms with Gasteiger partial charge in [0.2, 0.25) is 9.84 Å². The summed E-state index contributed by atoms with van der Waals surface area (Å²) in [6.07, 6.45) is -0.108. The number of carboxylic acids is 1. The third-order valence-corrected chi connectivity index (χ3v) is 3.42. The van der Waals surface area contributed by atoms with E-state index in [2.05, 4.69) is 0 Å². The quantitative estimate of drug-likeness (QED) is 0.852. The van der Waals surface area contributed by atoms with Crippen molar-refractivity contribution in [3.05, 3.63) is 29.8 Å². The van der Waals surface area contributed by atoms with Crippen LogP contribution >= 0.6 is 0 Å². The van der Waals surface area contributed by atoms with E-state index in [0.717, 1.165) is 0 Å². The van der Waals surface area contributed by atoms with Crippen LogP contribution in [0, 0.1) is 0 Å². The molecule has 0 spiro atoms. The van der Waals surface area contributed by atoms with Gasteiger partial charge in [0.1, 0.15) is 0 Å². The Morgan fingerprint density at radius 2 is 1.94 bits per heavy atom. The summed E-state index contributed by atoms with van der Waals surface area (Å²) in [6.45, 7) is 0. The van der Waals surface area contributed by atoms with Gasteiger partial charge in [-0.05, 0) is 18.1 Å². The van der Waals surface area contributed by atoms with Gasteiger partial charge in [-0.25, -0.2) is 12.8 Å². The maximum atomic E-state index is 12.3. The molecule has 0 aliphatic carbocycles. The number of aryl methyl sites for hydroxylation is 1. The van der Waals surface area contributed by atoms with Gasteiger partial charge in [0.15, 0.2) is 6.01 Å². The van der Waals surface area contributed by atoms with E-state index < -0.39 is 21.8 Å². The SMILES string of the molecule is O=C(O)CCc1ccccc1S(=O)(=O)CF. The summed E-state index contributed by atoms with van der Waals surface area (Å²) in [5.74, 6) is -1.02. The molecule has 0 saturated heterocycles. The van der Waals surface area contributed by atoms with Crippen molar-refractivity contribution in [2.45, 2.75) is 17.7 Å². The Labute approximate surface area is 92.6 Å². The highest BCUT2D eigenvalue weighted by Gasteiger charge is 2.17. The van der Waals surface area contributed by atoms with Gasteiger partial charge in [-0.3, -0.25) is 4.79 Å². The molecule has 0 atom stereocenters. The summed E-state index contributed by atoms with van der Waals surface area (Å²) in [7, 11) is -3.94. The molecule has 0 unspecified atom stereocenters. The molecular weight excluding hydrogens is 235 g/mol. The van der Waals surface area contributed by atoms with Gasteiger partial charge in [-0.1, -0.05) is 18.2 Å². The van der Waals surface area contributed by atoms with E-state index in [9.17, 15) is 17.6 Å². The van der Waals surface area contributed by atoms with Crippen molar-refractivity contribution in [2.75, 3.05) is 6.01 Å². The molecule has 88 valence electrons. The molecule has 0 aromatic heterocycles. The van der Waals surface area contributed by atoms with E-state index >= 15 is 0 Å². The molecule has 0 fully saturated rings. The Hall–Kier alpha value is -1.43. The highest BCUT2D eigenvalue weighted by molar-refractivity contribution is 7.91. The Kier molecular flexibility index (Phi) is 4.00. The first-order valence-corrected chi connectivity index (χ1v) is 6.21. The molecule has 0 bridgehead atoms. The van der Waals surface area contributed by atoms with Crippen LogP contribution in [0.1, 0.15) is 12.0 Å². The van der Waals surface area contributed by atoms with Gasteiger partial charge in [-0.2, -0.15) is 0 Å². The number of carboxylic acid groups (broad SMARTS) is 1. The molecule has 0 radical (unpaired) electrons. The topological polar surface area (TPSA) is 71.4 Å². The van der Waals surface area contributed by atoms with Crippen LogP contribution in [0.25, 0.3) is 0 Å². The summed E-state index contributed by atoms with van der Waals surface area (Å²) in [5, 5.41) is 8.50. The summed E-state index contributed by atoms with van der Waals surface area (Å²) in [4.78, 5) is 10.3. The van der Waals surface area contributed by atoms with Crippen LogP contribution in [0.3, 0.4) is 0 Å². The van der Waals surface area contributed by atoms with Crippen LogP contribution in [0.5, 0.6) is 0 Å². The number of hydrogen-bond acceptors (Lipinski definition) is 3. The Bertz CT molecular complexity index is 481. The zero-order chi connectivity index (χ0) is 12.2. The zero-order valence-electron chi connectivity index (χ0n) is 8.39. The fraction of sp³-hybridized carbons (Fsp3) is 0.300. The van der Waals surface area contributed by atoms with Crippen LogP contribution in [-0.4, -0.2) is 25.5 Å². The summed E-state index contributed by atoms with van der Waals surface area (Å²) < 4.78 is 35.0. The third kappa shape index (κ3) is 3.03. The number of aliphatic carboxylic acids is 1. The zero-order valence-corrected chi connectivity index (χ0v) is 9.21. The fourth-order valence-corrected chi connectivity index (χ4v) is 2.29. The maximum absolute atomic E-state index is 12.3. The van der Waals surface area contributed by atoms with Gasteiger partial charge in [-0.15, -0.1) is 0 Å². The number of sulfone groups is 1. The first kappa shape index (κ1) is 12.6. The summed E-state index contributed by atoms with van der Waals surface area (Å²) in [5.41, 5.74) is 0.336. The monoisotopic (exact) mass is 246 g/mol. The van der Waals surface area contributed by atoms with Crippen molar-refractivity contribution < 1.29 is 22.7 Å². The Morgan fingerprint density at radius 3 is 2.50 bits per heavy atom. The van der Waals surface area contributed by atoms with Gasteiger partial charge in [0.05, 0.1) is 4.90 Å². The number of halogens is 1. The van der Waals surface area contributed by atoms with Gasteiger partial charge < -0.3 is 5.11 Å². The number of alkyl halides is 1. The molecule has 0 aliphatic heterocycles. The molecule has 0 amide bonds. The highest BCUT2D eigenvalue weighted by atomic mass is 32.2. The molecule has 1 aromatic rings. The Morgan fingerprint density at radius 1 is 1.31 bits per heavy atom. The van der Waals surface area contributed by atoms with Crippen molar-refractivity contribution in [1.29, 1.82) is 0 Å². The lowest BCUT2D eigenvalue weighted by molar-refractivity contribution is -0.136. The van der Waals surface area contributed by atoms with Gasteiger partial charge in [0.25, 0.3) is 0 Å². The summed E-state index contributed by atoms with van der Waals surface area (Å²) in [6, 6.07) is 4.37. The van der Waals surface area contributed by atoms with Crippen LogP contribution in [0.4, 0.5) is 4.39 Å². The lowest BCUT2D eigenvalue weighted by Gasteiger charge is -2.06. The number of carbonyl (C=O) groups is 1. The van der Waals surface area contributed by atoms with E-state index in [-0.39, 0.29) is 17.7 Å². The average Bonchev–Trinajstić information content (AvgIpc) is 2.26. The van der Waals surface area contributed by atoms with Crippen LogP contribution < -0.4 is 0 Å². The van der Waals surface area contributed by atoms with Crippen molar-refractivity contribution in [1.82, 2.24) is 0 Å². The minimum absolute atomic E-state index is 0.0741. The van der Waals surface area contributed by atoms with Crippen LogP contribution in [0.2, 0.25) is 0 Å². The number of rotatable bonds is 5. The van der Waals surface area contributed by atoms with E-state index in [1.165, 1.54) is 18.2 Å². The lowest BCUT2D eigenvalue weighted by atomic mass is 10.1. The first-order chi connectivity index (χ1) is 7.47.